The fraction of sp³-hybridized carbons (Fsp3) is 0.357. The molecule has 0 aromatic carbocycles. The van der Waals surface area contributed by atoms with Crippen LogP contribution >= 0.6 is 11.6 Å². The van der Waals surface area contributed by atoms with Crippen LogP contribution in [0.5, 0.6) is 5.88 Å². The number of halogens is 2. The summed E-state index contributed by atoms with van der Waals surface area (Å²) in [5, 5.41) is 3.10. The third kappa shape index (κ3) is 3.26. The van der Waals surface area contributed by atoms with E-state index in [1.165, 1.54) is 12.3 Å². The molecule has 6 nitrogen and oxygen atoms in total. The molecule has 0 bridgehead atoms. The van der Waals surface area contributed by atoms with Crippen LogP contribution in [0.1, 0.15) is 12.8 Å². The molecule has 0 amide bonds. The zero-order chi connectivity index (χ0) is 15.5. The van der Waals surface area contributed by atoms with Gasteiger partial charge in [0.1, 0.15) is 11.9 Å². The number of aromatic nitrogens is 3. The average Bonchev–Trinajstić information content (AvgIpc) is 2.52. The number of nitrogens with zero attached hydrogens (tertiary/aromatic N) is 2. The van der Waals surface area contributed by atoms with Gasteiger partial charge in [-0.1, -0.05) is 11.6 Å². The molecule has 0 aliphatic carbocycles. The van der Waals surface area contributed by atoms with Gasteiger partial charge in [-0.05, 0) is 25.5 Å². The largest absolute Gasteiger partial charge is 0.472 e. The Morgan fingerprint density at radius 2 is 2.32 bits per heavy atom. The molecule has 1 atom stereocenters. The molecular weight excluding hydrogens is 311 g/mol. The zero-order valence-corrected chi connectivity index (χ0v) is 12.4. The number of H-pyrrole nitrogens is 1. The van der Waals surface area contributed by atoms with E-state index in [0.717, 1.165) is 19.4 Å². The van der Waals surface area contributed by atoms with Crippen LogP contribution in [0.2, 0.25) is 5.02 Å². The van der Waals surface area contributed by atoms with Gasteiger partial charge in [0, 0.05) is 24.4 Å². The Hall–Kier alpha value is -1.99. The van der Waals surface area contributed by atoms with Crippen LogP contribution in [0.4, 0.5) is 4.39 Å². The summed E-state index contributed by atoms with van der Waals surface area (Å²) >= 11 is 5.97. The number of rotatable bonds is 3. The number of nitrogens with one attached hydrogen (secondary N) is 2. The molecule has 0 spiro atoms. The lowest BCUT2D eigenvalue weighted by atomic mass is 10.1. The van der Waals surface area contributed by atoms with Gasteiger partial charge in [-0.2, -0.15) is 9.37 Å². The predicted octanol–water partition coefficient (Wildman–Crippen LogP) is 1.76. The Morgan fingerprint density at radius 3 is 3.05 bits per heavy atom. The lowest BCUT2D eigenvalue weighted by molar-refractivity contribution is 0.160. The minimum Gasteiger partial charge on any atom is -0.472 e. The molecule has 2 aromatic rings. The van der Waals surface area contributed by atoms with E-state index in [9.17, 15) is 9.18 Å². The summed E-state index contributed by atoms with van der Waals surface area (Å²) < 4.78 is 18.9. The first-order chi connectivity index (χ1) is 10.6. The highest BCUT2D eigenvalue weighted by atomic mass is 35.5. The fourth-order valence-electron chi connectivity index (χ4n) is 2.28. The van der Waals surface area contributed by atoms with Gasteiger partial charge in [-0.3, -0.25) is 4.79 Å². The van der Waals surface area contributed by atoms with Gasteiger partial charge in [0.2, 0.25) is 11.8 Å². The number of hydrogen-bond donors (Lipinski definition) is 2. The minimum absolute atomic E-state index is 0.0614. The summed E-state index contributed by atoms with van der Waals surface area (Å²) in [6, 6.07) is 2.72. The average molecular weight is 325 g/mol. The van der Waals surface area contributed by atoms with Gasteiger partial charge in [-0.25, -0.2) is 4.98 Å². The van der Waals surface area contributed by atoms with Gasteiger partial charge in [-0.15, -0.1) is 0 Å². The first kappa shape index (κ1) is 14.9. The van der Waals surface area contributed by atoms with E-state index >= 15 is 0 Å². The number of aromatic amines is 1. The van der Waals surface area contributed by atoms with E-state index in [1.54, 1.807) is 6.07 Å². The van der Waals surface area contributed by atoms with Crippen molar-refractivity contribution >= 4 is 11.6 Å². The van der Waals surface area contributed by atoms with Crippen molar-refractivity contribution in [2.45, 2.75) is 18.9 Å². The highest BCUT2D eigenvalue weighted by Crippen LogP contribution is 2.23. The topological polar surface area (TPSA) is 79.9 Å². The van der Waals surface area contributed by atoms with Crippen molar-refractivity contribution in [1.82, 2.24) is 20.3 Å². The molecule has 2 N–H and O–H groups in total. The molecule has 8 heteroatoms. The first-order valence-electron chi connectivity index (χ1n) is 6.92. The van der Waals surface area contributed by atoms with E-state index in [0.29, 0.717) is 12.1 Å². The molecule has 116 valence electrons. The van der Waals surface area contributed by atoms with Crippen LogP contribution in [0.3, 0.4) is 0 Å². The number of piperidine rings is 1. The predicted molar refractivity (Wildman–Crippen MR) is 79.6 cm³/mol. The Labute approximate surface area is 130 Å². The lowest BCUT2D eigenvalue weighted by Gasteiger charge is -2.23. The number of pyridine rings is 1. The van der Waals surface area contributed by atoms with E-state index in [1.807, 2.05) is 0 Å². The molecule has 1 aliphatic heterocycles. The maximum Gasteiger partial charge on any atom is 0.273 e. The van der Waals surface area contributed by atoms with Crippen LogP contribution in [0.25, 0.3) is 11.4 Å². The molecule has 22 heavy (non-hydrogen) atoms. The Morgan fingerprint density at radius 1 is 1.45 bits per heavy atom. The molecular formula is C14H14ClFN4O2. The van der Waals surface area contributed by atoms with E-state index in [2.05, 4.69) is 20.3 Å². The Kier molecular flexibility index (Phi) is 4.35. The number of hydrogen-bond acceptors (Lipinski definition) is 5. The van der Waals surface area contributed by atoms with Crippen molar-refractivity contribution in [3.8, 4) is 17.3 Å². The second kappa shape index (κ2) is 6.41. The quantitative estimate of drug-likeness (QED) is 0.841. The highest BCUT2D eigenvalue weighted by molar-refractivity contribution is 6.31. The van der Waals surface area contributed by atoms with Crippen molar-refractivity contribution in [3.05, 3.63) is 39.7 Å². The molecule has 0 radical (unpaired) electrons. The van der Waals surface area contributed by atoms with Gasteiger partial charge < -0.3 is 15.0 Å². The second-order valence-corrected chi connectivity index (χ2v) is 5.37. The SMILES string of the molecule is O=c1[nH]c(-c2ccnc(F)c2)nc(O[C@H]2CCCNC2)c1Cl. The molecule has 1 aliphatic rings. The Balaban J connectivity index is 1.94. The van der Waals surface area contributed by atoms with Crippen LogP contribution in [-0.4, -0.2) is 34.1 Å². The van der Waals surface area contributed by atoms with Crippen molar-refractivity contribution in [3.63, 3.8) is 0 Å². The van der Waals surface area contributed by atoms with Crippen LogP contribution in [0.15, 0.2) is 23.1 Å². The Bertz CT molecular complexity index is 731. The van der Waals surface area contributed by atoms with Crippen molar-refractivity contribution in [1.29, 1.82) is 0 Å². The summed E-state index contributed by atoms with van der Waals surface area (Å²) in [6.45, 7) is 1.61. The molecule has 3 heterocycles. The third-order valence-corrected chi connectivity index (χ3v) is 3.70. The van der Waals surface area contributed by atoms with Gasteiger partial charge >= 0.3 is 0 Å². The van der Waals surface area contributed by atoms with E-state index < -0.39 is 11.5 Å². The van der Waals surface area contributed by atoms with Crippen LogP contribution < -0.4 is 15.6 Å². The number of ether oxygens (including phenoxy) is 1. The van der Waals surface area contributed by atoms with Crippen LogP contribution in [0, 0.1) is 5.95 Å². The minimum atomic E-state index is -0.658. The standard InChI is InChI=1S/C14H14ClFN4O2/c15-11-13(21)19-12(8-3-5-18-10(16)6-8)20-14(11)22-9-2-1-4-17-7-9/h3,5-6,9,17H,1-2,4,7H2,(H,19,20,21)/t9-/m0/s1. The summed E-state index contributed by atoms with van der Waals surface area (Å²) in [5.41, 5.74) is -0.129. The van der Waals surface area contributed by atoms with Gasteiger partial charge in [0.25, 0.3) is 5.56 Å². The fourth-order valence-corrected chi connectivity index (χ4v) is 2.42. The first-order valence-corrected chi connectivity index (χ1v) is 7.30. The maximum atomic E-state index is 13.2. The third-order valence-electron chi connectivity index (χ3n) is 3.36. The maximum absolute atomic E-state index is 13.2. The summed E-state index contributed by atoms with van der Waals surface area (Å²) in [6.07, 6.45) is 3.04. The van der Waals surface area contributed by atoms with E-state index in [4.69, 9.17) is 16.3 Å². The highest BCUT2D eigenvalue weighted by Gasteiger charge is 2.19. The molecule has 1 saturated heterocycles. The molecule has 0 unspecified atom stereocenters. The molecule has 1 fully saturated rings. The smallest absolute Gasteiger partial charge is 0.273 e. The zero-order valence-electron chi connectivity index (χ0n) is 11.6. The lowest BCUT2D eigenvalue weighted by Crippen LogP contribution is -2.37. The van der Waals surface area contributed by atoms with Crippen LogP contribution in [-0.2, 0) is 0 Å². The van der Waals surface area contributed by atoms with Crippen molar-refractivity contribution in [2.75, 3.05) is 13.1 Å². The molecule has 0 saturated carbocycles. The summed E-state index contributed by atoms with van der Waals surface area (Å²) in [7, 11) is 0. The molecule has 3 rings (SSSR count). The molecule has 2 aromatic heterocycles. The second-order valence-electron chi connectivity index (χ2n) is 4.99. The normalized spacial score (nSPS) is 18.2. The van der Waals surface area contributed by atoms with Crippen molar-refractivity contribution in [2.24, 2.45) is 0 Å². The summed E-state index contributed by atoms with van der Waals surface area (Å²) in [5.74, 6) is -0.408. The van der Waals surface area contributed by atoms with Gasteiger partial charge in [0.05, 0.1) is 0 Å². The monoisotopic (exact) mass is 324 g/mol. The van der Waals surface area contributed by atoms with E-state index in [-0.39, 0.29) is 22.8 Å². The summed E-state index contributed by atoms with van der Waals surface area (Å²) in [4.78, 5) is 22.1. The van der Waals surface area contributed by atoms with Crippen molar-refractivity contribution < 1.29 is 9.13 Å². The van der Waals surface area contributed by atoms with Gasteiger partial charge in [0.15, 0.2) is 5.02 Å².